The van der Waals surface area contributed by atoms with E-state index in [9.17, 15) is 0 Å². The Morgan fingerprint density at radius 3 is 1.79 bits per heavy atom. The van der Waals surface area contributed by atoms with Gasteiger partial charge in [-0.25, -0.2) is 4.98 Å². The first kappa shape index (κ1) is 27.0. The summed E-state index contributed by atoms with van der Waals surface area (Å²) >= 11 is 0. The smallest absolute Gasteiger partial charge is 0.227 e. The van der Waals surface area contributed by atoms with Gasteiger partial charge in [0.1, 0.15) is 16.7 Å². The third-order valence-corrected chi connectivity index (χ3v) is 8.70. The summed E-state index contributed by atoms with van der Waals surface area (Å²) < 4.78 is 12.7. The minimum absolute atomic E-state index is 0.599. The standard InChI is InChI=1S/C43H28N2O2/c1-5-13-29(14-6-1)32-21-24-37(36(27-32)30-15-7-2-8-16-30)45(33-19-11-4-12-20-33)34-22-23-35-40(28-34)46-38-25-26-39-42(41(35)38)44-43(47-39)31-17-9-3-10-18-31/h1-28H. The molecule has 0 aliphatic carbocycles. The van der Waals surface area contributed by atoms with E-state index in [4.69, 9.17) is 13.8 Å². The molecule has 47 heavy (non-hydrogen) atoms. The minimum Gasteiger partial charge on any atom is -0.456 e. The largest absolute Gasteiger partial charge is 0.456 e. The van der Waals surface area contributed by atoms with Gasteiger partial charge in [-0.1, -0.05) is 103 Å². The fourth-order valence-corrected chi connectivity index (χ4v) is 6.48. The Labute approximate surface area is 271 Å². The first-order chi connectivity index (χ1) is 23.3. The highest BCUT2D eigenvalue weighted by Gasteiger charge is 2.21. The second-order valence-corrected chi connectivity index (χ2v) is 11.6. The van der Waals surface area contributed by atoms with Crippen LogP contribution in [0.25, 0.3) is 66.7 Å². The van der Waals surface area contributed by atoms with Crippen LogP contribution < -0.4 is 4.90 Å². The molecule has 0 saturated carbocycles. The van der Waals surface area contributed by atoms with Crippen molar-refractivity contribution in [2.75, 3.05) is 4.90 Å². The fraction of sp³-hybridized carbons (Fsp3) is 0. The summed E-state index contributed by atoms with van der Waals surface area (Å²) in [5.41, 5.74) is 11.8. The van der Waals surface area contributed by atoms with Gasteiger partial charge in [0.15, 0.2) is 5.58 Å². The minimum atomic E-state index is 0.599. The van der Waals surface area contributed by atoms with Crippen molar-refractivity contribution in [2.24, 2.45) is 0 Å². The molecule has 0 radical (unpaired) electrons. The van der Waals surface area contributed by atoms with Crippen molar-refractivity contribution >= 4 is 50.1 Å². The summed E-state index contributed by atoms with van der Waals surface area (Å²) in [7, 11) is 0. The van der Waals surface area contributed by atoms with E-state index in [0.29, 0.717) is 5.89 Å². The zero-order chi connectivity index (χ0) is 31.2. The van der Waals surface area contributed by atoms with Gasteiger partial charge >= 0.3 is 0 Å². The SMILES string of the molecule is c1ccc(-c2ccc(N(c3ccccc3)c3ccc4c(c3)oc3ccc5oc(-c6ccccc6)nc5c34)c(-c3ccccc3)c2)cc1. The van der Waals surface area contributed by atoms with Gasteiger partial charge < -0.3 is 13.7 Å². The van der Waals surface area contributed by atoms with Gasteiger partial charge in [0.2, 0.25) is 5.89 Å². The van der Waals surface area contributed by atoms with E-state index >= 15 is 0 Å². The lowest BCUT2D eigenvalue weighted by atomic mass is 9.96. The number of nitrogens with zero attached hydrogens (tertiary/aromatic N) is 2. The highest BCUT2D eigenvalue weighted by atomic mass is 16.4. The van der Waals surface area contributed by atoms with Crippen LogP contribution in [0.4, 0.5) is 17.1 Å². The Bertz CT molecular complexity index is 2500. The lowest BCUT2D eigenvalue weighted by molar-refractivity contribution is 0.619. The summed E-state index contributed by atoms with van der Waals surface area (Å²) in [6.45, 7) is 0. The van der Waals surface area contributed by atoms with Crippen molar-refractivity contribution in [3.8, 4) is 33.7 Å². The number of para-hydroxylation sites is 1. The molecule has 0 amide bonds. The fourth-order valence-electron chi connectivity index (χ4n) is 6.48. The van der Waals surface area contributed by atoms with Gasteiger partial charge in [0, 0.05) is 34.0 Å². The Morgan fingerprint density at radius 2 is 1.06 bits per heavy atom. The van der Waals surface area contributed by atoms with Crippen LogP contribution in [-0.4, -0.2) is 4.98 Å². The maximum Gasteiger partial charge on any atom is 0.227 e. The molecule has 0 atom stereocenters. The summed E-state index contributed by atoms with van der Waals surface area (Å²) in [6.07, 6.45) is 0. The monoisotopic (exact) mass is 604 g/mol. The van der Waals surface area contributed by atoms with Crippen LogP contribution in [0.3, 0.4) is 0 Å². The van der Waals surface area contributed by atoms with Gasteiger partial charge in [-0.3, -0.25) is 0 Å². The van der Waals surface area contributed by atoms with Crippen LogP contribution in [0.1, 0.15) is 0 Å². The van der Waals surface area contributed by atoms with Crippen LogP contribution in [0.15, 0.2) is 179 Å². The summed E-state index contributed by atoms with van der Waals surface area (Å²) in [5, 5.41) is 1.96. The molecule has 0 aliphatic heterocycles. The van der Waals surface area contributed by atoms with Crippen molar-refractivity contribution in [2.45, 2.75) is 0 Å². The quantitative estimate of drug-likeness (QED) is 0.189. The van der Waals surface area contributed by atoms with Crippen LogP contribution in [0.5, 0.6) is 0 Å². The van der Waals surface area contributed by atoms with E-state index in [2.05, 4.69) is 126 Å². The van der Waals surface area contributed by atoms with Gasteiger partial charge in [-0.05, 0) is 77.4 Å². The first-order valence-electron chi connectivity index (χ1n) is 15.7. The Morgan fingerprint density at radius 1 is 0.426 bits per heavy atom. The third-order valence-electron chi connectivity index (χ3n) is 8.70. The van der Waals surface area contributed by atoms with E-state index in [-0.39, 0.29) is 0 Å². The number of fused-ring (bicyclic) bond motifs is 5. The van der Waals surface area contributed by atoms with E-state index in [0.717, 1.165) is 66.8 Å². The summed E-state index contributed by atoms with van der Waals surface area (Å²) in [5.74, 6) is 0.599. The average molecular weight is 605 g/mol. The van der Waals surface area contributed by atoms with E-state index in [1.165, 1.54) is 11.1 Å². The van der Waals surface area contributed by atoms with Crippen LogP contribution >= 0.6 is 0 Å². The van der Waals surface area contributed by atoms with Crippen molar-refractivity contribution in [3.63, 3.8) is 0 Å². The second kappa shape index (κ2) is 11.2. The molecule has 0 bridgehead atoms. The van der Waals surface area contributed by atoms with E-state index < -0.39 is 0 Å². The number of rotatable bonds is 6. The Balaban J connectivity index is 1.24. The number of anilines is 3. The second-order valence-electron chi connectivity index (χ2n) is 11.6. The number of benzene rings is 7. The molecule has 9 rings (SSSR count). The van der Waals surface area contributed by atoms with E-state index in [1.807, 2.05) is 48.5 Å². The molecule has 4 nitrogen and oxygen atoms in total. The normalized spacial score (nSPS) is 11.4. The number of aromatic nitrogens is 1. The van der Waals surface area contributed by atoms with Gasteiger partial charge in [0.25, 0.3) is 0 Å². The van der Waals surface area contributed by atoms with Crippen LogP contribution in [-0.2, 0) is 0 Å². The Hall–Kier alpha value is -6.39. The molecular weight excluding hydrogens is 576 g/mol. The topological polar surface area (TPSA) is 42.4 Å². The third kappa shape index (κ3) is 4.75. The Kier molecular flexibility index (Phi) is 6.43. The molecule has 0 aliphatic rings. The molecule has 4 heteroatoms. The lowest BCUT2D eigenvalue weighted by Gasteiger charge is -2.28. The predicted molar refractivity (Wildman–Crippen MR) is 192 cm³/mol. The number of furan rings is 1. The zero-order valence-corrected chi connectivity index (χ0v) is 25.4. The highest BCUT2D eigenvalue weighted by Crippen LogP contribution is 2.44. The number of hydrogen-bond donors (Lipinski definition) is 0. The summed E-state index contributed by atoms with van der Waals surface area (Å²) in [4.78, 5) is 7.24. The highest BCUT2D eigenvalue weighted by molar-refractivity contribution is 6.17. The van der Waals surface area contributed by atoms with Crippen LogP contribution in [0, 0.1) is 0 Å². The van der Waals surface area contributed by atoms with E-state index in [1.54, 1.807) is 0 Å². The molecule has 2 heterocycles. The molecule has 0 fully saturated rings. The van der Waals surface area contributed by atoms with Crippen molar-refractivity contribution in [3.05, 3.63) is 170 Å². The number of hydrogen-bond acceptors (Lipinski definition) is 4. The van der Waals surface area contributed by atoms with Crippen molar-refractivity contribution in [1.82, 2.24) is 4.98 Å². The van der Waals surface area contributed by atoms with Gasteiger partial charge in [0.05, 0.1) is 11.1 Å². The molecule has 0 spiro atoms. The predicted octanol–water partition coefficient (Wildman–Crippen LogP) is 12.2. The van der Waals surface area contributed by atoms with Gasteiger partial charge in [-0.2, -0.15) is 0 Å². The molecule has 2 aromatic heterocycles. The van der Waals surface area contributed by atoms with Crippen molar-refractivity contribution < 1.29 is 8.83 Å². The zero-order valence-electron chi connectivity index (χ0n) is 25.4. The lowest BCUT2D eigenvalue weighted by Crippen LogP contribution is -2.11. The average Bonchev–Trinajstić information content (AvgIpc) is 3.75. The molecule has 7 aromatic carbocycles. The maximum atomic E-state index is 6.52. The first-order valence-corrected chi connectivity index (χ1v) is 15.7. The molecule has 0 saturated heterocycles. The van der Waals surface area contributed by atoms with Crippen molar-refractivity contribution in [1.29, 1.82) is 0 Å². The molecule has 0 N–H and O–H groups in total. The summed E-state index contributed by atoms with van der Waals surface area (Å²) in [6, 6.07) is 58.7. The molecule has 0 unspecified atom stereocenters. The molecular formula is C43H28N2O2. The molecule has 9 aromatic rings. The van der Waals surface area contributed by atoms with Crippen LogP contribution in [0.2, 0.25) is 0 Å². The van der Waals surface area contributed by atoms with Gasteiger partial charge in [-0.15, -0.1) is 0 Å². The molecule has 222 valence electrons. The number of oxazole rings is 1. The maximum absolute atomic E-state index is 6.52.